The van der Waals surface area contributed by atoms with Gasteiger partial charge in [0.1, 0.15) is 5.82 Å². The van der Waals surface area contributed by atoms with E-state index in [0.717, 1.165) is 108 Å². The summed E-state index contributed by atoms with van der Waals surface area (Å²) in [6.45, 7) is 3.48. The third kappa shape index (κ3) is 5.23. The van der Waals surface area contributed by atoms with E-state index >= 15 is 0 Å². The van der Waals surface area contributed by atoms with E-state index in [1.165, 1.54) is 5.56 Å². The van der Waals surface area contributed by atoms with Crippen LogP contribution in [-0.4, -0.2) is 65.3 Å². The number of hydrogen-bond donors (Lipinski definition) is 3. The zero-order chi connectivity index (χ0) is 23.5. The van der Waals surface area contributed by atoms with Crippen LogP contribution in [0.4, 0.5) is 5.82 Å². The van der Waals surface area contributed by atoms with Gasteiger partial charge in [-0.1, -0.05) is 6.07 Å². The molecule has 34 heavy (non-hydrogen) atoms. The van der Waals surface area contributed by atoms with Crippen molar-refractivity contribution in [2.45, 2.75) is 82.9 Å². The molecule has 1 amide bonds. The summed E-state index contributed by atoms with van der Waals surface area (Å²) in [6, 6.07) is 3.30. The molecule has 8 heteroatoms. The Bertz CT molecular complexity index is 885. The highest BCUT2D eigenvalue weighted by molar-refractivity contribution is 5.87. The molecule has 4 fully saturated rings. The van der Waals surface area contributed by atoms with Crippen LogP contribution in [0.5, 0.6) is 0 Å². The zero-order valence-corrected chi connectivity index (χ0v) is 20.1. The van der Waals surface area contributed by atoms with Crippen molar-refractivity contribution in [1.82, 2.24) is 15.2 Å². The van der Waals surface area contributed by atoms with Gasteiger partial charge in [0.2, 0.25) is 5.91 Å². The van der Waals surface area contributed by atoms with Gasteiger partial charge in [-0.3, -0.25) is 9.69 Å². The molecule has 1 saturated heterocycles. The molecular formula is C26H38N4O4. The summed E-state index contributed by atoms with van der Waals surface area (Å²) in [6.07, 6.45) is 10.0. The fourth-order valence-corrected chi connectivity index (χ4v) is 6.29. The van der Waals surface area contributed by atoms with Gasteiger partial charge >= 0.3 is 5.97 Å². The number of aliphatic carboxylic acids is 1. The van der Waals surface area contributed by atoms with Gasteiger partial charge < -0.3 is 20.5 Å². The molecule has 2 aliphatic heterocycles. The van der Waals surface area contributed by atoms with Gasteiger partial charge in [0.05, 0.1) is 18.4 Å². The highest BCUT2D eigenvalue weighted by Gasteiger charge is 2.46. The van der Waals surface area contributed by atoms with Crippen LogP contribution in [0.25, 0.3) is 0 Å². The smallest absolute Gasteiger partial charge is 0.328 e. The number of aryl methyl sites for hydroxylation is 1. The van der Waals surface area contributed by atoms with Gasteiger partial charge in [0.25, 0.3) is 0 Å². The van der Waals surface area contributed by atoms with Crippen molar-refractivity contribution >= 4 is 17.7 Å². The van der Waals surface area contributed by atoms with Crippen LogP contribution >= 0.6 is 0 Å². The summed E-state index contributed by atoms with van der Waals surface area (Å²) < 4.78 is 6.06. The minimum atomic E-state index is -1.02. The first-order valence-corrected chi connectivity index (χ1v) is 13.1. The van der Waals surface area contributed by atoms with Crippen molar-refractivity contribution in [3.63, 3.8) is 0 Å². The molecule has 3 heterocycles. The van der Waals surface area contributed by atoms with Crippen LogP contribution < -0.4 is 10.6 Å². The van der Waals surface area contributed by atoms with Gasteiger partial charge in [-0.15, -0.1) is 0 Å². The first kappa shape index (κ1) is 23.5. The third-order valence-corrected chi connectivity index (χ3v) is 8.48. The SMILES string of the molecule is O=C(O)[C@@H](CO[C@@H]1CCCN(Cc2ccc3c(n2)NCCC3)C1)NC(=O)C12CCC(CC1)CC2. The van der Waals surface area contributed by atoms with Crippen LogP contribution in [0.3, 0.4) is 0 Å². The maximum Gasteiger partial charge on any atom is 0.328 e. The van der Waals surface area contributed by atoms with E-state index in [0.29, 0.717) is 0 Å². The molecule has 5 aliphatic rings. The number of aromatic nitrogens is 1. The molecular weight excluding hydrogens is 432 g/mol. The number of carboxylic acids is 1. The van der Waals surface area contributed by atoms with E-state index in [9.17, 15) is 14.7 Å². The quantitative estimate of drug-likeness (QED) is 0.537. The second-order valence-electron chi connectivity index (χ2n) is 10.8. The standard InChI is InChI=1S/C26H38N4O4/c31-24(32)22(29-25(33)26-10-7-18(8-11-26)9-12-26)17-34-21-4-2-14-30(16-21)15-20-6-5-19-3-1-13-27-23(19)28-20/h5-6,18,21-22H,1-4,7-17H2,(H,27,28)(H,29,33)(H,31,32)/t18?,21-,22-,26?/m1/s1. The van der Waals surface area contributed by atoms with Crippen molar-refractivity contribution < 1.29 is 19.4 Å². The number of amides is 1. The van der Waals surface area contributed by atoms with Crippen molar-refractivity contribution in [3.05, 3.63) is 23.4 Å². The Morgan fingerprint density at radius 2 is 2.00 bits per heavy atom. The highest BCUT2D eigenvalue weighted by atomic mass is 16.5. The van der Waals surface area contributed by atoms with Crippen LogP contribution in [-0.2, 0) is 27.3 Å². The number of rotatable bonds is 8. The highest BCUT2D eigenvalue weighted by Crippen LogP contribution is 2.50. The predicted molar refractivity (Wildman–Crippen MR) is 128 cm³/mol. The number of pyridine rings is 1. The summed E-state index contributed by atoms with van der Waals surface area (Å²) >= 11 is 0. The number of piperidine rings is 1. The summed E-state index contributed by atoms with van der Waals surface area (Å²) in [5, 5.41) is 16.0. The van der Waals surface area contributed by atoms with Crippen molar-refractivity contribution in [2.75, 3.05) is 31.6 Å². The lowest BCUT2D eigenvalue weighted by Crippen LogP contribution is -2.53. The van der Waals surface area contributed by atoms with E-state index in [1.54, 1.807) is 0 Å². The van der Waals surface area contributed by atoms with Gasteiger partial charge in [0, 0.05) is 25.0 Å². The maximum atomic E-state index is 13.0. The molecule has 0 radical (unpaired) electrons. The Morgan fingerprint density at radius 3 is 2.76 bits per heavy atom. The Hall–Kier alpha value is -2.19. The normalized spacial score (nSPS) is 29.6. The summed E-state index contributed by atoms with van der Waals surface area (Å²) in [5.41, 5.74) is 1.98. The fourth-order valence-electron chi connectivity index (χ4n) is 6.29. The maximum absolute atomic E-state index is 13.0. The van der Waals surface area contributed by atoms with Gasteiger partial charge in [-0.25, -0.2) is 9.78 Å². The average molecular weight is 471 g/mol. The molecule has 186 valence electrons. The number of nitrogens with zero attached hydrogens (tertiary/aromatic N) is 2. The number of anilines is 1. The van der Waals surface area contributed by atoms with E-state index < -0.39 is 12.0 Å². The number of ether oxygens (including phenoxy) is 1. The van der Waals surface area contributed by atoms with Crippen LogP contribution in [0.15, 0.2) is 12.1 Å². The molecule has 2 bridgehead atoms. The molecule has 8 nitrogen and oxygen atoms in total. The second kappa shape index (κ2) is 10.2. The lowest BCUT2D eigenvalue weighted by atomic mass is 9.60. The van der Waals surface area contributed by atoms with Crippen molar-refractivity contribution in [2.24, 2.45) is 11.3 Å². The molecule has 6 rings (SSSR count). The number of carbonyl (C=O) groups excluding carboxylic acids is 1. The number of carbonyl (C=O) groups is 2. The van der Waals surface area contributed by atoms with Crippen LogP contribution in [0.1, 0.15) is 69.0 Å². The number of hydrogen-bond acceptors (Lipinski definition) is 6. The Balaban J connectivity index is 1.13. The van der Waals surface area contributed by atoms with Gasteiger partial charge in [0.15, 0.2) is 6.04 Å². The summed E-state index contributed by atoms with van der Waals surface area (Å²) in [5.74, 6) is 0.668. The lowest BCUT2D eigenvalue weighted by Gasteiger charge is -2.45. The molecule has 0 unspecified atom stereocenters. The Kier molecular flexibility index (Phi) is 7.06. The first-order chi connectivity index (χ1) is 16.5. The number of likely N-dealkylation sites (tertiary alicyclic amines) is 1. The lowest BCUT2D eigenvalue weighted by molar-refractivity contribution is -0.149. The molecule has 1 aromatic rings. The fraction of sp³-hybridized carbons (Fsp3) is 0.731. The minimum absolute atomic E-state index is 0.0132. The summed E-state index contributed by atoms with van der Waals surface area (Å²) in [7, 11) is 0. The van der Waals surface area contributed by atoms with E-state index in [1.807, 2.05) is 0 Å². The van der Waals surface area contributed by atoms with Gasteiger partial charge in [-0.2, -0.15) is 0 Å². The van der Waals surface area contributed by atoms with E-state index in [2.05, 4.69) is 27.7 Å². The molecule has 3 aliphatic carbocycles. The molecule has 3 N–H and O–H groups in total. The molecule has 1 aromatic heterocycles. The topological polar surface area (TPSA) is 104 Å². The Labute approximate surface area is 201 Å². The summed E-state index contributed by atoms with van der Waals surface area (Å²) in [4.78, 5) is 32.1. The van der Waals surface area contributed by atoms with Crippen LogP contribution in [0.2, 0.25) is 0 Å². The number of nitrogens with one attached hydrogen (secondary N) is 2. The van der Waals surface area contributed by atoms with Crippen molar-refractivity contribution in [1.29, 1.82) is 0 Å². The van der Waals surface area contributed by atoms with E-state index in [4.69, 9.17) is 9.72 Å². The largest absolute Gasteiger partial charge is 0.480 e. The third-order valence-electron chi connectivity index (χ3n) is 8.48. The zero-order valence-electron chi connectivity index (χ0n) is 20.1. The monoisotopic (exact) mass is 470 g/mol. The van der Waals surface area contributed by atoms with Crippen molar-refractivity contribution in [3.8, 4) is 0 Å². The molecule has 3 saturated carbocycles. The Morgan fingerprint density at radius 1 is 1.21 bits per heavy atom. The van der Waals surface area contributed by atoms with Gasteiger partial charge in [-0.05, 0) is 88.3 Å². The van der Waals surface area contributed by atoms with E-state index in [-0.39, 0.29) is 24.0 Å². The molecule has 0 aromatic carbocycles. The second-order valence-corrected chi connectivity index (χ2v) is 10.8. The molecule has 2 atom stereocenters. The predicted octanol–water partition coefficient (Wildman–Crippen LogP) is 2.96. The van der Waals surface area contributed by atoms with Crippen LogP contribution in [0, 0.1) is 11.3 Å². The average Bonchev–Trinajstić information content (AvgIpc) is 2.87. The first-order valence-electron chi connectivity index (χ1n) is 13.1. The number of carboxylic acid groups (broad SMARTS) is 1. The minimum Gasteiger partial charge on any atom is -0.480 e. The molecule has 0 spiro atoms. The number of fused-ring (bicyclic) bond motifs is 4.